The molecule has 8 nitrogen and oxygen atoms in total. The fraction of sp³-hybridized carbons (Fsp3) is 0.696. The molecule has 1 fully saturated rings. The number of nitrogens with zero attached hydrogens (tertiary/aromatic N) is 1. The van der Waals surface area contributed by atoms with Crippen LogP contribution in [0.1, 0.15) is 72.1 Å². The fourth-order valence-corrected chi connectivity index (χ4v) is 3.96. The van der Waals surface area contributed by atoms with Gasteiger partial charge in [0.1, 0.15) is 5.69 Å². The van der Waals surface area contributed by atoms with Crippen LogP contribution < -0.4 is 5.32 Å². The van der Waals surface area contributed by atoms with E-state index in [1.54, 1.807) is 20.8 Å². The van der Waals surface area contributed by atoms with Crippen LogP contribution in [-0.4, -0.2) is 73.0 Å². The second-order valence-electron chi connectivity index (χ2n) is 8.38. The standard InChI is InChI=1S/C23H37N3O5/c1-6-30-23(29)21-16(4)20(17(5)25-21)19(27)14-26-11-8-18(9-12-26)22(28)24-10-7-13-31-15(2)3/h15,18,25H,6-14H2,1-5H3,(H,24,28). The molecule has 2 heterocycles. The summed E-state index contributed by atoms with van der Waals surface area (Å²) in [5.41, 5.74) is 2.22. The van der Waals surface area contributed by atoms with E-state index in [0.29, 0.717) is 48.8 Å². The highest BCUT2D eigenvalue weighted by Crippen LogP contribution is 2.22. The number of amides is 1. The molecule has 1 aromatic heterocycles. The summed E-state index contributed by atoms with van der Waals surface area (Å²) < 4.78 is 10.5. The molecule has 0 saturated carbocycles. The van der Waals surface area contributed by atoms with E-state index < -0.39 is 5.97 Å². The number of aromatic nitrogens is 1. The Bertz CT molecular complexity index is 764. The van der Waals surface area contributed by atoms with Gasteiger partial charge >= 0.3 is 5.97 Å². The monoisotopic (exact) mass is 435 g/mol. The lowest BCUT2D eigenvalue weighted by molar-refractivity contribution is -0.126. The number of likely N-dealkylation sites (tertiary alicyclic amines) is 1. The molecule has 1 aliphatic rings. The minimum absolute atomic E-state index is 0.0106. The normalized spacial score (nSPS) is 15.3. The molecule has 1 saturated heterocycles. The van der Waals surface area contributed by atoms with Crippen LogP contribution in [0.4, 0.5) is 0 Å². The molecule has 1 amide bonds. The molecule has 2 N–H and O–H groups in total. The van der Waals surface area contributed by atoms with Crippen molar-refractivity contribution in [2.45, 2.75) is 60.0 Å². The number of H-pyrrole nitrogens is 1. The number of hydrogen-bond acceptors (Lipinski definition) is 6. The molecule has 31 heavy (non-hydrogen) atoms. The van der Waals surface area contributed by atoms with Gasteiger partial charge in [0.05, 0.1) is 19.3 Å². The Hall–Kier alpha value is -2.19. The van der Waals surface area contributed by atoms with E-state index in [9.17, 15) is 14.4 Å². The van der Waals surface area contributed by atoms with E-state index in [4.69, 9.17) is 9.47 Å². The summed E-state index contributed by atoms with van der Waals surface area (Å²) in [6.45, 7) is 12.5. The summed E-state index contributed by atoms with van der Waals surface area (Å²) in [4.78, 5) is 42.4. The van der Waals surface area contributed by atoms with Gasteiger partial charge in [-0.15, -0.1) is 0 Å². The first-order valence-corrected chi connectivity index (χ1v) is 11.3. The van der Waals surface area contributed by atoms with Crippen LogP contribution in [0.5, 0.6) is 0 Å². The first-order valence-electron chi connectivity index (χ1n) is 11.3. The zero-order chi connectivity index (χ0) is 23.0. The minimum Gasteiger partial charge on any atom is -0.461 e. The van der Waals surface area contributed by atoms with Crippen LogP contribution in [0, 0.1) is 19.8 Å². The number of carbonyl (C=O) groups is 3. The summed E-state index contributed by atoms with van der Waals surface area (Å²) >= 11 is 0. The van der Waals surface area contributed by atoms with Crippen LogP contribution in [0.25, 0.3) is 0 Å². The second-order valence-corrected chi connectivity index (χ2v) is 8.38. The number of rotatable bonds is 11. The lowest BCUT2D eigenvalue weighted by atomic mass is 9.95. The third-order valence-corrected chi connectivity index (χ3v) is 5.59. The highest BCUT2D eigenvalue weighted by molar-refractivity contribution is 6.03. The molecule has 0 atom stereocenters. The lowest BCUT2D eigenvalue weighted by Crippen LogP contribution is -2.42. The largest absolute Gasteiger partial charge is 0.461 e. The fourth-order valence-electron chi connectivity index (χ4n) is 3.96. The van der Waals surface area contributed by atoms with Crippen LogP contribution >= 0.6 is 0 Å². The summed E-state index contributed by atoms with van der Waals surface area (Å²) in [5.74, 6) is -0.380. The van der Waals surface area contributed by atoms with Crippen molar-refractivity contribution < 1.29 is 23.9 Å². The van der Waals surface area contributed by atoms with E-state index in [-0.39, 0.29) is 36.9 Å². The number of ketones is 1. The molecule has 0 unspecified atom stereocenters. The maximum absolute atomic E-state index is 12.9. The van der Waals surface area contributed by atoms with Crippen molar-refractivity contribution in [3.05, 3.63) is 22.5 Å². The lowest BCUT2D eigenvalue weighted by Gasteiger charge is -2.30. The predicted molar refractivity (Wildman–Crippen MR) is 118 cm³/mol. The summed E-state index contributed by atoms with van der Waals surface area (Å²) in [7, 11) is 0. The number of aromatic amines is 1. The van der Waals surface area contributed by atoms with Gasteiger partial charge in [0, 0.05) is 30.3 Å². The number of ether oxygens (including phenoxy) is 2. The Labute approximate surface area is 185 Å². The SMILES string of the molecule is CCOC(=O)c1[nH]c(C)c(C(=O)CN2CCC(C(=O)NCCCOC(C)C)CC2)c1C. The number of nitrogens with one attached hydrogen (secondary N) is 2. The van der Waals surface area contributed by atoms with Gasteiger partial charge in [-0.05, 0) is 72.5 Å². The summed E-state index contributed by atoms with van der Waals surface area (Å²) in [6.07, 6.45) is 2.49. The maximum Gasteiger partial charge on any atom is 0.355 e. The molecule has 0 spiro atoms. The van der Waals surface area contributed by atoms with Gasteiger partial charge < -0.3 is 19.8 Å². The van der Waals surface area contributed by atoms with Gasteiger partial charge in [-0.2, -0.15) is 0 Å². The quantitative estimate of drug-likeness (QED) is 0.315. The van der Waals surface area contributed by atoms with E-state index >= 15 is 0 Å². The Morgan fingerprint density at radius 3 is 2.48 bits per heavy atom. The maximum atomic E-state index is 12.9. The van der Waals surface area contributed by atoms with Crippen molar-refractivity contribution in [1.29, 1.82) is 0 Å². The van der Waals surface area contributed by atoms with Crippen LogP contribution in [-0.2, 0) is 14.3 Å². The highest BCUT2D eigenvalue weighted by atomic mass is 16.5. The summed E-state index contributed by atoms with van der Waals surface area (Å²) in [6, 6.07) is 0. The topological polar surface area (TPSA) is 101 Å². The van der Waals surface area contributed by atoms with Gasteiger partial charge in [-0.3, -0.25) is 14.5 Å². The molecule has 0 bridgehead atoms. The molecule has 0 aliphatic carbocycles. The number of carbonyl (C=O) groups excluding carboxylic acids is 3. The molecule has 1 aromatic rings. The zero-order valence-electron chi connectivity index (χ0n) is 19.5. The third kappa shape index (κ3) is 7.18. The molecular formula is C23H37N3O5. The smallest absolute Gasteiger partial charge is 0.355 e. The van der Waals surface area contributed by atoms with Gasteiger partial charge in [-0.25, -0.2) is 4.79 Å². The van der Waals surface area contributed by atoms with E-state index in [0.717, 1.165) is 19.3 Å². The van der Waals surface area contributed by atoms with Gasteiger partial charge in [0.25, 0.3) is 0 Å². The number of esters is 1. The molecule has 174 valence electrons. The first-order chi connectivity index (χ1) is 14.7. The Kier molecular flexibility index (Phi) is 9.71. The summed E-state index contributed by atoms with van der Waals surface area (Å²) in [5, 5.41) is 2.99. The van der Waals surface area contributed by atoms with Crippen LogP contribution in [0.15, 0.2) is 0 Å². The number of piperidine rings is 1. The average molecular weight is 436 g/mol. The molecule has 8 heteroatoms. The Morgan fingerprint density at radius 1 is 1.19 bits per heavy atom. The van der Waals surface area contributed by atoms with Crippen molar-refractivity contribution in [3.8, 4) is 0 Å². The number of aryl methyl sites for hydroxylation is 1. The Morgan fingerprint density at radius 2 is 1.87 bits per heavy atom. The van der Waals surface area contributed by atoms with Gasteiger partial charge in [0.15, 0.2) is 5.78 Å². The first kappa shape index (κ1) is 25.1. The van der Waals surface area contributed by atoms with Gasteiger partial charge in [-0.1, -0.05) is 0 Å². The number of hydrogen-bond donors (Lipinski definition) is 2. The average Bonchev–Trinajstić information content (AvgIpc) is 3.02. The van der Waals surface area contributed by atoms with Gasteiger partial charge in [0.2, 0.25) is 5.91 Å². The predicted octanol–water partition coefficient (Wildman–Crippen LogP) is 2.63. The van der Waals surface area contributed by atoms with E-state index in [2.05, 4.69) is 15.2 Å². The van der Waals surface area contributed by atoms with Crippen molar-refractivity contribution in [2.75, 3.05) is 39.4 Å². The third-order valence-electron chi connectivity index (χ3n) is 5.59. The highest BCUT2D eigenvalue weighted by Gasteiger charge is 2.28. The van der Waals surface area contributed by atoms with Crippen molar-refractivity contribution in [1.82, 2.24) is 15.2 Å². The minimum atomic E-state index is -0.440. The second kappa shape index (κ2) is 12.0. The molecule has 1 aliphatic heterocycles. The molecular weight excluding hydrogens is 398 g/mol. The van der Waals surface area contributed by atoms with Crippen LogP contribution in [0.2, 0.25) is 0 Å². The van der Waals surface area contributed by atoms with E-state index in [1.807, 2.05) is 13.8 Å². The van der Waals surface area contributed by atoms with Crippen molar-refractivity contribution in [2.24, 2.45) is 5.92 Å². The zero-order valence-corrected chi connectivity index (χ0v) is 19.5. The molecule has 0 aromatic carbocycles. The molecule has 0 radical (unpaired) electrons. The van der Waals surface area contributed by atoms with Crippen molar-refractivity contribution >= 4 is 17.7 Å². The van der Waals surface area contributed by atoms with E-state index in [1.165, 1.54) is 0 Å². The van der Waals surface area contributed by atoms with Crippen molar-refractivity contribution in [3.63, 3.8) is 0 Å². The Balaban J connectivity index is 1.80. The molecule has 2 rings (SSSR count). The number of Topliss-reactive ketones (excluding diaryl/α,β-unsaturated/α-hetero) is 1. The van der Waals surface area contributed by atoms with Crippen LogP contribution in [0.3, 0.4) is 0 Å².